The van der Waals surface area contributed by atoms with Crippen molar-refractivity contribution in [2.45, 2.75) is 20.4 Å². The van der Waals surface area contributed by atoms with Gasteiger partial charge in [-0.15, -0.1) is 11.3 Å². The summed E-state index contributed by atoms with van der Waals surface area (Å²) in [5.41, 5.74) is 0.569. The summed E-state index contributed by atoms with van der Waals surface area (Å²) in [6.07, 6.45) is 1.20. The van der Waals surface area contributed by atoms with E-state index in [1.165, 1.54) is 22.4 Å². The van der Waals surface area contributed by atoms with Crippen molar-refractivity contribution in [1.29, 1.82) is 0 Å². The highest BCUT2D eigenvalue weighted by molar-refractivity contribution is 7.09. The molecule has 0 radical (unpaired) electrons. The summed E-state index contributed by atoms with van der Waals surface area (Å²) >= 11 is 1.45. The Kier molecular flexibility index (Phi) is 5.18. The number of aromatic amines is 1. The standard InChI is InChI=1S/C19H19N3O3S/c1-3-21(14-7-4-6-13(2)10-14)17(23)16-11-20-19(25)22(18(16)24)12-15-8-5-9-26-15/h4-11H,3,12H2,1-2H3,(H,20,25). The SMILES string of the molecule is CCN(C(=O)c1c[nH]c(=O)n(Cc2cccs2)c1=O)c1cccc(C)c1. The number of thiophene rings is 1. The second kappa shape index (κ2) is 7.53. The molecule has 0 atom stereocenters. The number of benzene rings is 1. The zero-order valence-electron chi connectivity index (χ0n) is 14.6. The number of anilines is 1. The van der Waals surface area contributed by atoms with E-state index in [2.05, 4.69) is 4.98 Å². The molecular formula is C19H19N3O3S. The maximum Gasteiger partial charge on any atom is 0.328 e. The highest BCUT2D eigenvalue weighted by atomic mass is 32.1. The molecule has 1 amide bonds. The third-order valence-electron chi connectivity index (χ3n) is 4.06. The third kappa shape index (κ3) is 3.52. The predicted octanol–water partition coefficient (Wildman–Crippen LogP) is 2.62. The molecule has 6 nitrogen and oxygen atoms in total. The van der Waals surface area contributed by atoms with E-state index in [1.807, 2.05) is 55.6 Å². The number of hydrogen-bond donors (Lipinski definition) is 1. The van der Waals surface area contributed by atoms with Crippen LogP contribution in [0.1, 0.15) is 27.7 Å². The minimum atomic E-state index is -0.585. The second-order valence-corrected chi connectivity index (χ2v) is 6.90. The van der Waals surface area contributed by atoms with Gasteiger partial charge in [0.1, 0.15) is 5.56 Å². The van der Waals surface area contributed by atoms with Crippen molar-refractivity contribution >= 4 is 22.9 Å². The van der Waals surface area contributed by atoms with Crippen LogP contribution in [0.15, 0.2) is 57.6 Å². The summed E-state index contributed by atoms with van der Waals surface area (Å²) < 4.78 is 1.06. The van der Waals surface area contributed by atoms with Gasteiger partial charge in [0.05, 0.1) is 6.54 Å². The Morgan fingerprint density at radius 2 is 2.04 bits per heavy atom. The van der Waals surface area contributed by atoms with E-state index < -0.39 is 17.2 Å². The van der Waals surface area contributed by atoms with Gasteiger partial charge in [0, 0.05) is 23.3 Å². The first-order valence-electron chi connectivity index (χ1n) is 8.24. The van der Waals surface area contributed by atoms with Crippen molar-refractivity contribution in [2.75, 3.05) is 11.4 Å². The maximum absolute atomic E-state index is 13.0. The molecule has 3 rings (SSSR count). The van der Waals surface area contributed by atoms with Crippen molar-refractivity contribution in [1.82, 2.24) is 9.55 Å². The molecule has 0 unspecified atom stereocenters. The number of H-pyrrole nitrogens is 1. The van der Waals surface area contributed by atoms with E-state index in [-0.39, 0.29) is 12.1 Å². The highest BCUT2D eigenvalue weighted by Gasteiger charge is 2.21. The summed E-state index contributed by atoms with van der Waals surface area (Å²) in [7, 11) is 0. The smallest absolute Gasteiger partial charge is 0.313 e. The van der Waals surface area contributed by atoms with Gasteiger partial charge in [-0.05, 0) is 43.0 Å². The molecular weight excluding hydrogens is 350 g/mol. The molecule has 1 N–H and O–H groups in total. The third-order valence-corrected chi connectivity index (χ3v) is 4.92. The Morgan fingerprint density at radius 3 is 2.69 bits per heavy atom. The summed E-state index contributed by atoms with van der Waals surface area (Å²) in [5, 5.41) is 1.88. The molecule has 2 heterocycles. The monoisotopic (exact) mass is 369 g/mol. The first kappa shape index (κ1) is 17.9. The normalized spacial score (nSPS) is 10.7. The van der Waals surface area contributed by atoms with Crippen LogP contribution in [0.25, 0.3) is 0 Å². The van der Waals surface area contributed by atoms with Crippen LogP contribution in [-0.2, 0) is 6.54 Å². The van der Waals surface area contributed by atoms with Crippen LogP contribution in [0.5, 0.6) is 0 Å². The lowest BCUT2D eigenvalue weighted by Gasteiger charge is -2.21. The molecule has 26 heavy (non-hydrogen) atoms. The average Bonchev–Trinajstić information content (AvgIpc) is 3.12. The van der Waals surface area contributed by atoms with Crippen LogP contribution < -0.4 is 16.1 Å². The van der Waals surface area contributed by atoms with Crippen LogP contribution in [-0.4, -0.2) is 22.0 Å². The van der Waals surface area contributed by atoms with Crippen LogP contribution in [0.3, 0.4) is 0 Å². The minimum absolute atomic E-state index is 0.0514. The number of hydrogen-bond acceptors (Lipinski definition) is 4. The molecule has 0 spiro atoms. The zero-order valence-corrected chi connectivity index (χ0v) is 15.4. The summed E-state index contributed by atoms with van der Waals surface area (Å²) in [4.78, 5) is 42.7. The number of aryl methyl sites for hydroxylation is 1. The quantitative estimate of drug-likeness (QED) is 0.751. The fourth-order valence-corrected chi connectivity index (χ4v) is 3.44. The van der Waals surface area contributed by atoms with E-state index in [1.54, 1.807) is 0 Å². The average molecular weight is 369 g/mol. The van der Waals surface area contributed by atoms with E-state index in [0.717, 1.165) is 15.0 Å². The van der Waals surface area contributed by atoms with E-state index >= 15 is 0 Å². The lowest BCUT2D eigenvalue weighted by Crippen LogP contribution is -2.42. The molecule has 0 aliphatic rings. The molecule has 3 aromatic rings. The van der Waals surface area contributed by atoms with Crippen molar-refractivity contribution in [3.8, 4) is 0 Å². The van der Waals surface area contributed by atoms with Crippen LogP contribution in [0.2, 0.25) is 0 Å². The van der Waals surface area contributed by atoms with Gasteiger partial charge in [0.15, 0.2) is 0 Å². The summed E-state index contributed by atoms with van der Waals surface area (Å²) in [5.74, 6) is -0.431. The second-order valence-electron chi connectivity index (χ2n) is 5.87. The molecule has 0 fully saturated rings. The van der Waals surface area contributed by atoms with Gasteiger partial charge in [-0.2, -0.15) is 0 Å². The predicted molar refractivity (Wildman–Crippen MR) is 103 cm³/mol. The highest BCUT2D eigenvalue weighted by Crippen LogP contribution is 2.17. The van der Waals surface area contributed by atoms with Crippen LogP contribution in [0, 0.1) is 6.92 Å². The Morgan fingerprint density at radius 1 is 1.23 bits per heavy atom. The molecule has 0 saturated heterocycles. The summed E-state index contributed by atoms with van der Waals surface area (Å²) in [6.45, 7) is 4.33. The number of carbonyl (C=O) groups excluding carboxylic acids is 1. The largest absolute Gasteiger partial charge is 0.328 e. The Bertz CT molecular complexity index is 1030. The number of aromatic nitrogens is 2. The van der Waals surface area contributed by atoms with Crippen molar-refractivity contribution in [3.63, 3.8) is 0 Å². The van der Waals surface area contributed by atoms with Gasteiger partial charge in [-0.25, -0.2) is 4.79 Å². The molecule has 1 aromatic carbocycles. The Labute approximate surface area is 154 Å². The van der Waals surface area contributed by atoms with Crippen molar-refractivity contribution in [2.24, 2.45) is 0 Å². The molecule has 0 bridgehead atoms. The first-order chi connectivity index (χ1) is 12.5. The number of rotatable bonds is 5. The Hall–Kier alpha value is -2.93. The number of carbonyl (C=O) groups is 1. The van der Waals surface area contributed by atoms with E-state index in [9.17, 15) is 14.4 Å². The van der Waals surface area contributed by atoms with Gasteiger partial charge in [0.25, 0.3) is 11.5 Å². The van der Waals surface area contributed by atoms with Gasteiger partial charge in [0.2, 0.25) is 0 Å². The Balaban J connectivity index is 2.01. The lowest BCUT2D eigenvalue weighted by atomic mass is 10.2. The van der Waals surface area contributed by atoms with Crippen LogP contribution in [0.4, 0.5) is 5.69 Å². The summed E-state index contributed by atoms with van der Waals surface area (Å²) in [6, 6.07) is 11.2. The van der Waals surface area contributed by atoms with E-state index in [0.29, 0.717) is 12.2 Å². The van der Waals surface area contributed by atoms with Gasteiger partial charge >= 0.3 is 5.69 Å². The lowest BCUT2D eigenvalue weighted by molar-refractivity contribution is 0.0985. The number of nitrogens with one attached hydrogen (secondary N) is 1. The molecule has 0 aliphatic heterocycles. The first-order valence-corrected chi connectivity index (χ1v) is 9.12. The van der Waals surface area contributed by atoms with Crippen LogP contribution >= 0.6 is 11.3 Å². The molecule has 0 saturated carbocycles. The minimum Gasteiger partial charge on any atom is -0.313 e. The fourth-order valence-electron chi connectivity index (χ4n) is 2.75. The fraction of sp³-hybridized carbons (Fsp3) is 0.211. The van der Waals surface area contributed by atoms with Crippen molar-refractivity contribution in [3.05, 3.63) is 84.8 Å². The molecule has 7 heteroatoms. The van der Waals surface area contributed by atoms with Gasteiger partial charge < -0.3 is 9.88 Å². The van der Waals surface area contributed by atoms with E-state index in [4.69, 9.17) is 0 Å². The zero-order chi connectivity index (χ0) is 18.7. The van der Waals surface area contributed by atoms with Gasteiger partial charge in [-0.1, -0.05) is 18.2 Å². The molecule has 2 aromatic heterocycles. The maximum atomic E-state index is 13.0. The topological polar surface area (TPSA) is 75.2 Å². The molecule has 0 aliphatic carbocycles. The van der Waals surface area contributed by atoms with Gasteiger partial charge in [-0.3, -0.25) is 14.2 Å². The molecule has 134 valence electrons. The van der Waals surface area contributed by atoms with Crippen molar-refractivity contribution < 1.29 is 4.79 Å². The number of amides is 1. The number of nitrogens with zero attached hydrogens (tertiary/aromatic N) is 2.